The van der Waals surface area contributed by atoms with Crippen LogP contribution in [0.2, 0.25) is 0 Å². The maximum Gasteiger partial charge on any atom is 0.224 e. The number of aliphatic hydroxyl groups excluding tert-OH is 1. The van der Waals surface area contributed by atoms with Crippen LogP contribution in [0.15, 0.2) is 42.5 Å². The lowest BCUT2D eigenvalue weighted by atomic mass is 10.1. The number of nitrogens with two attached hydrogens (primary N) is 1. The Bertz CT molecular complexity index is 1490. The minimum atomic E-state index is -0.149. The van der Waals surface area contributed by atoms with E-state index < -0.39 is 0 Å². The Labute approximate surface area is 228 Å². The fourth-order valence-corrected chi connectivity index (χ4v) is 5.46. The Morgan fingerprint density at radius 3 is 2.77 bits per heavy atom. The van der Waals surface area contributed by atoms with Crippen LogP contribution in [0.3, 0.4) is 0 Å². The predicted molar refractivity (Wildman–Crippen MR) is 154 cm³/mol. The third-order valence-electron chi connectivity index (χ3n) is 7.43. The van der Waals surface area contributed by atoms with Crippen molar-refractivity contribution < 1.29 is 14.6 Å². The van der Waals surface area contributed by atoms with E-state index in [0.717, 1.165) is 58.2 Å². The van der Waals surface area contributed by atoms with E-state index >= 15 is 0 Å². The fourth-order valence-electron chi connectivity index (χ4n) is 5.46. The highest BCUT2D eigenvalue weighted by Crippen LogP contribution is 2.34. The van der Waals surface area contributed by atoms with Crippen molar-refractivity contribution in [3.8, 4) is 5.75 Å². The Kier molecular flexibility index (Phi) is 7.85. The van der Waals surface area contributed by atoms with E-state index in [2.05, 4.69) is 50.3 Å². The molecule has 2 atom stereocenters. The molecule has 0 saturated carbocycles. The van der Waals surface area contributed by atoms with E-state index in [1.54, 1.807) is 12.0 Å². The highest BCUT2D eigenvalue weighted by atomic mass is 16.5. The molecule has 0 bridgehead atoms. The molecule has 39 heavy (non-hydrogen) atoms. The molecule has 1 aliphatic rings. The second-order valence-corrected chi connectivity index (χ2v) is 10.2. The number of amides is 1. The molecule has 0 radical (unpaired) electrons. The number of methoxy groups -OCH3 is 1. The second-order valence-electron chi connectivity index (χ2n) is 10.2. The van der Waals surface area contributed by atoms with Crippen LogP contribution in [0.4, 0.5) is 11.8 Å². The van der Waals surface area contributed by atoms with Crippen LogP contribution in [0.1, 0.15) is 37.3 Å². The van der Waals surface area contributed by atoms with E-state index in [1.807, 2.05) is 31.3 Å². The molecule has 0 aliphatic carbocycles. The predicted octanol–water partition coefficient (Wildman–Crippen LogP) is 3.12. The van der Waals surface area contributed by atoms with Gasteiger partial charge in [-0.2, -0.15) is 4.98 Å². The van der Waals surface area contributed by atoms with Crippen molar-refractivity contribution in [1.82, 2.24) is 24.8 Å². The number of hydrogen-bond donors (Lipinski definition) is 4. The number of nitrogens with one attached hydrogen (secondary N) is 2. The molecule has 10 nitrogen and oxygen atoms in total. The summed E-state index contributed by atoms with van der Waals surface area (Å²) in [5.41, 5.74) is 10.9. The molecule has 2 aromatic heterocycles. The standard InChI is InChI=1S/C29H37N7O3/c1-4-7-20(17-37)32-28-27-26(33-29(30)34-28)22-8-5-6-9-23(22)36(27)15-19-12-18(10-11-24(19)39-3)14-31-21-13-25(38)35(2)16-21/h5-6,8-12,20-21,31,37H,4,7,13-17H2,1-3H3,(H3,30,32,33,34)/t20-,21?/m0/s1. The first-order valence-electron chi connectivity index (χ1n) is 13.5. The van der Waals surface area contributed by atoms with Crippen LogP contribution >= 0.6 is 0 Å². The van der Waals surface area contributed by atoms with Crippen LogP contribution < -0.4 is 21.1 Å². The van der Waals surface area contributed by atoms with Gasteiger partial charge in [0.05, 0.1) is 31.8 Å². The number of carbonyl (C=O) groups excluding carboxylic acids is 1. The van der Waals surface area contributed by atoms with Crippen LogP contribution in [0.5, 0.6) is 5.75 Å². The Hall–Kier alpha value is -3.89. The van der Waals surface area contributed by atoms with E-state index in [9.17, 15) is 9.90 Å². The number of ether oxygens (including phenoxy) is 1. The highest BCUT2D eigenvalue weighted by Gasteiger charge is 2.26. The summed E-state index contributed by atoms with van der Waals surface area (Å²) in [6, 6.07) is 14.3. The SMILES string of the molecule is CCC[C@@H](CO)Nc1nc(N)nc2c3ccccc3n(Cc3cc(CNC4CC(=O)N(C)C4)ccc3OC)c12. The summed E-state index contributed by atoms with van der Waals surface area (Å²) in [7, 11) is 3.52. The smallest absolute Gasteiger partial charge is 0.224 e. The van der Waals surface area contributed by atoms with Gasteiger partial charge in [-0.1, -0.05) is 37.6 Å². The number of hydrogen-bond acceptors (Lipinski definition) is 8. The average Bonchev–Trinajstić information content (AvgIpc) is 3.43. The van der Waals surface area contributed by atoms with Crippen molar-refractivity contribution in [3.63, 3.8) is 0 Å². The van der Waals surface area contributed by atoms with Gasteiger partial charge in [0.15, 0.2) is 5.82 Å². The van der Waals surface area contributed by atoms with Crippen molar-refractivity contribution in [1.29, 1.82) is 0 Å². The number of aromatic nitrogens is 3. The molecule has 3 heterocycles. The number of anilines is 2. The highest BCUT2D eigenvalue weighted by molar-refractivity contribution is 6.09. The molecular formula is C29H37N7O3. The molecule has 2 aromatic carbocycles. The van der Waals surface area contributed by atoms with Gasteiger partial charge in [0.1, 0.15) is 16.8 Å². The number of nitrogen functional groups attached to an aromatic ring is 1. The number of carbonyl (C=O) groups is 1. The molecule has 1 saturated heterocycles. The Morgan fingerprint density at radius 2 is 2.05 bits per heavy atom. The molecule has 0 spiro atoms. The monoisotopic (exact) mass is 531 g/mol. The molecule has 4 aromatic rings. The lowest BCUT2D eigenvalue weighted by Crippen LogP contribution is -2.31. The van der Waals surface area contributed by atoms with E-state index in [4.69, 9.17) is 10.5 Å². The quantitative estimate of drug-likeness (QED) is 0.232. The Balaban J connectivity index is 1.54. The van der Waals surface area contributed by atoms with Gasteiger partial charge in [-0.05, 0) is 30.2 Å². The topological polar surface area (TPSA) is 131 Å². The van der Waals surface area contributed by atoms with E-state index in [-0.39, 0.29) is 30.5 Å². The first-order chi connectivity index (χ1) is 18.9. The lowest BCUT2D eigenvalue weighted by molar-refractivity contribution is -0.126. The number of aliphatic hydroxyl groups is 1. The maximum absolute atomic E-state index is 11.9. The summed E-state index contributed by atoms with van der Waals surface area (Å²) in [5.74, 6) is 1.74. The summed E-state index contributed by atoms with van der Waals surface area (Å²) < 4.78 is 7.94. The van der Waals surface area contributed by atoms with Gasteiger partial charge < -0.3 is 35.7 Å². The molecule has 1 unspecified atom stereocenters. The summed E-state index contributed by atoms with van der Waals surface area (Å²) in [4.78, 5) is 22.9. The van der Waals surface area contributed by atoms with Crippen molar-refractivity contribution in [2.45, 2.75) is 51.4 Å². The normalized spacial score (nSPS) is 16.4. The molecule has 5 rings (SSSR count). The summed E-state index contributed by atoms with van der Waals surface area (Å²) in [5, 5.41) is 17.9. The lowest BCUT2D eigenvalue weighted by Gasteiger charge is -2.19. The zero-order valence-electron chi connectivity index (χ0n) is 22.8. The minimum absolute atomic E-state index is 0.00921. The third kappa shape index (κ3) is 5.48. The van der Waals surface area contributed by atoms with Crippen LogP contribution in [-0.2, 0) is 17.9 Å². The second kappa shape index (κ2) is 11.5. The number of likely N-dealkylation sites (N-methyl/N-ethyl adjacent to an activating group) is 1. The van der Waals surface area contributed by atoms with Gasteiger partial charge in [-0.3, -0.25) is 4.79 Å². The number of nitrogens with zero attached hydrogens (tertiary/aromatic N) is 4. The van der Waals surface area contributed by atoms with Crippen LogP contribution in [-0.4, -0.2) is 69.8 Å². The molecule has 1 amide bonds. The van der Waals surface area contributed by atoms with Gasteiger partial charge in [0.25, 0.3) is 0 Å². The molecule has 5 N–H and O–H groups in total. The zero-order chi connectivity index (χ0) is 27.5. The van der Waals surface area contributed by atoms with Crippen molar-refractivity contribution >= 4 is 39.6 Å². The number of para-hydroxylation sites is 1. The first-order valence-corrected chi connectivity index (χ1v) is 13.5. The van der Waals surface area contributed by atoms with Gasteiger partial charge in [-0.25, -0.2) is 4.98 Å². The molecule has 10 heteroatoms. The third-order valence-corrected chi connectivity index (χ3v) is 7.43. The summed E-state index contributed by atoms with van der Waals surface area (Å²) in [6.07, 6.45) is 2.24. The number of benzene rings is 2. The molecule has 1 aliphatic heterocycles. The number of fused-ring (bicyclic) bond motifs is 3. The average molecular weight is 532 g/mol. The van der Waals surface area contributed by atoms with Crippen LogP contribution in [0, 0.1) is 0 Å². The number of likely N-dealkylation sites (tertiary alicyclic amines) is 1. The molecule has 206 valence electrons. The number of rotatable bonds is 11. The maximum atomic E-state index is 11.9. The van der Waals surface area contributed by atoms with E-state index in [1.165, 1.54) is 0 Å². The van der Waals surface area contributed by atoms with Gasteiger partial charge in [0, 0.05) is 43.5 Å². The molecule has 1 fully saturated rings. The van der Waals surface area contributed by atoms with Crippen molar-refractivity contribution in [3.05, 3.63) is 53.6 Å². The first kappa shape index (κ1) is 26.7. The van der Waals surface area contributed by atoms with Gasteiger partial charge >= 0.3 is 0 Å². The van der Waals surface area contributed by atoms with Gasteiger partial charge in [0.2, 0.25) is 11.9 Å². The summed E-state index contributed by atoms with van der Waals surface area (Å²) >= 11 is 0. The van der Waals surface area contributed by atoms with Crippen molar-refractivity contribution in [2.75, 3.05) is 38.4 Å². The zero-order valence-corrected chi connectivity index (χ0v) is 22.8. The largest absolute Gasteiger partial charge is 0.496 e. The van der Waals surface area contributed by atoms with Crippen LogP contribution in [0.25, 0.3) is 21.9 Å². The minimum Gasteiger partial charge on any atom is -0.496 e. The summed E-state index contributed by atoms with van der Waals surface area (Å²) in [6.45, 7) is 3.96. The Morgan fingerprint density at radius 1 is 1.23 bits per heavy atom. The molecular weight excluding hydrogens is 494 g/mol. The fraction of sp³-hybridized carbons (Fsp3) is 0.414. The van der Waals surface area contributed by atoms with Crippen molar-refractivity contribution in [2.24, 2.45) is 0 Å². The van der Waals surface area contributed by atoms with Gasteiger partial charge in [-0.15, -0.1) is 0 Å². The van der Waals surface area contributed by atoms with E-state index in [0.29, 0.717) is 25.3 Å².